The van der Waals surface area contributed by atoms with Crippen molar-refractivity contribution in [3.8, 4) is 5.75 Å². The van der Waals surface area contributed by atoms with E-state index in [4.69, 9.17) is 16.7 Å². The molecule has 1 atom stereocenters. The number of aromatic hydroxyl groups is 1. The number of phenols is 1. The Bertz CT molecular complexity index is 690. The van der Waals surface area contributed by atoms with Crippen molar-refractivity contribution in [1.82, 2.24) is 5.32 Å². The Morgan fingerprint density at radius 2 is 2.23 bits per heavy atom. The van der Waals surface area contributed by atoms with Crippen LogP contribution in [0.3, 0.4) is 0 Å². The number of hydrogen-bond acceptors (Lipinski definition) is 6. The number of carboxylic acid groups (broad SMARTS) is 1. The second-order valence-electron chi connectivity index (χ2n) is 4.45. The van der Waals surface area contributed by atoms with Crippen LogP contribution in [0.5, 0.6) is 5.75 Å². The first-order valence-corrected chi connectivity index (χ1v) is 7.43. The van der Waals surface area contributed by atoms with Gasteiger partial charge in [-0.2, -0.15) is 5.10 Å². The maximum Gasteiger partial charge on any atom is 0.305 e. The van der Waals surface area contributed by atoms with Crippen LogP contribution in [0.4, 0.5) is 0 Å². The van der Waals surface area contributed by atoms with E-state index in [-0.39, 0.29) is 17.3 Å². The van der Waals surface area contributed by atoms with Crippen LogP contribution in [0.1, 0.15) is 18.9 Å². The van der Waals surface area contributed by atoms with Crippen LogP contribution in [0.15, 0.2) is 28.4 Å². The molecular formula is C13H12ClN3O4S. The van der Waals surface area contributed by atoms with Crippen LogP contribution in [-0.2, 0) is 9.59 Å². The van der Waals surface area contributed by atoms with E-state index < -0.39 is 17.1 Å². The van der Waals surface area contributed by atoms with E-state index in [1.807, 2.05) is 0 Å². The summed E-state index contributed by atoms with van der Waals surface area (Å²) in [6.45, 7) is 1.63. The molecule has 9 heteroatoms. The highest BCUT2D eigenvalue weighted by Gasteiger charge is 2.32. The molecule has 1 fully saturated rings. The first-order valence-electron chi connectivity index (χ1n) is 6.17. The SMILES string of the molecule is C/C(=N\N=C1\NC(=O)[C@H](CC(=O)O)S1)c1cc(Cl)ccc1O. The minimum absolute atomic E-state index is 0.0118. The van der Waals surface area contributed by atoms with Gasteiger partial charge in [0.2, 0.25) is 5.91 Å². The molecule has 1 aromatic rings. The number of carbonyl (C=O) groups is 2. The fraction of sp³-hybridized carbons (Fsp3) is 0.231. The molecule has 0 spiro atoms. The number of carbonyl (C=O) groups excluding carboxylic acids is 1. The number of thioether (sulfide) groups is 1. The molecule has 22 heavy (non-hydrogen) atoms. The first-order chi connectivity index (χ1) is 10.4. The van der Waals surface area contributed by atoms with Crippen molar-refractivity contribution in [3.63, 3.8) is 0 Å². The van der Waals surface area contributed by atoms with Gasteiger partial charge in [-0.05, 0) is 25.1 Å². The number of nitrogens with zero attached hydrogens (tertiary/aromatic N) is 2. The number of carboxylic acids is 1. The number of hydrogen-bond donors (Lipinski definition) is 3. The highest BCUT2D eigenvalue weighted by molar-refractivity contribution is 8.15. The predicted octanol–water partition coefficient (Wildman–Crippen LogP) is 1.83. The van der Waals surface area contributed by atoms with Crippen LogP contribution in [0.25, 0.3) is 0 Å². The largest absolute Gasteiger partial charge is 0.507 e. The number of amidine groups is 1. The Hall–Kier alpha value is -2.06. The summed E-state index contributed by atoms with van der Waals surface area (Å²) < 4.78 is 0. The van der Waals surface area contributed by atoms with Crippen molar-refractivity contribution in [2.24, 2.45) is 10.2 Å². The molecule has 0 aromatic heterocycles. The van der Waals surface area contributed by atoms with Crippen LogP contribution < -0.4 is 5.32 Å². The lowest BCUT2D eigenvalue weighted by molar-refractivity contribution is -0.138. The van der Waals surface area contributed by atoms with Gasteiger partial charge >= 0.3 is 5.97 Å². The van der Waals surface area contributed by atoms with Crippen LogP contribution >= 0.6 is 23.4 Å². The zero-order valence-corrected chi connectivity index (χ0v) is 13.0. The number of rotatable bonds is 4. The zero-order valence-electron chi connectivity index (χ0n) is 11.4. The van der Waals surface area contributed by atoms with Gasteiger partial charge in [0, 0.05) is 10.6 Å². The maximum atomic E-state index is 11.6. The van der Waals surface area contributed by atoms with Gasteiger partial charge in [-0.15, -0.1) is 5.10 Å². The minimum Gasteiger partial charge on any atom is -0.507 e. The topological polar surface area (TPSA) is 111 Å². The molecule has 1 aliphatic heterocycles. The molecule has 0 radical (unpaired) electrons. The Kier molecular flexibility index (Phi) is 5.04. The van der Waals surface area contributed by atoms with E-state index in [1.54, 1.807) is 19.1 Å². The van der Waals surface area contributed by atoms with Gasteiger partial charge in [0.25, 0.3) is 0 Å². The molecule has 0 aliphatic carbocycles. The molecule has 0 bridgehead atoms. The number of halogens is 1. The molecule has 7 nitrogen and oxygen atoms in total. The van der Waals surface area contributed by atoms with Crippen molar-refractivity contribution < 1.29 is 19.8 Å². The van der Waals surface area contributed by atoms with Crippen LogP contribution in [-0.4, -0.2) is 38.2 Å². The molecule has 1 aromatic carbocycles. The summed E-state index contributed by atoms with van der Waals surface area (Å²) in [6.07, 6.45) is -0.284. The highest BCUT2D eigenvalue weighted by Crippen LogP contribution is 2.24. The van der Waals surface area contributed by atoms with E-state index in [1.165, 1.54) is 6.07 Å². The van der Waals surface area contributed by atoms with Gasteiger partial charge in [-0.3, -0.25) is 9.59 Å². The standard InChI is InChI=1S/C13H12ClN3O4S/c1-6(8-4-7(14)2-3-9(8)18)16-17-13-15-12(21)10(22-13)5-11(19)20/h2-4,10,18H,5H2,1H3,(H,19,20)(H,15,17,21)/b16-6+/t10-/m0/s1. The first kappa shape index (κ1) is 16.3. The lowest BCUT2D eigenvalue weighted by Gasteiger charge is -2.03. The predicted molar refractivity (Wildman–Crippen MR) is 84.5 cm³/mol. The minimum atomic E-state index is -1.06. The van der Waals surface area contributed by atoms with Crippen LogP contribution in [0.2, 0.25) is 5.02 Å². The van der Waals surface area contributed by atoms with Crippen LogP contribution in [0, 0.1) is 0 Å². The molecular weight excluding hydrogens is 330 g/mol. The average molecular weight is 342 g/mol. The Morgan fingerprint density at radius 3 is 2.91 bits per heavy atom. The summed E-state index contributed by atoms with van der Waals surface area (Å²) in [5.41, 5.74) is 0.831. The third kappa shape index (κ3) is 3.99. The molecule has 116 valence electrons. The van der Waals surface area contributed by atoms with Crippen molar-refractivity contribution in [3.05, 3.63) is 28.8 Å². The number of aliphatic carboxylic acids is 1. The van der Waals surface area contributed by atoms with Gasteiger partial charge in [-0.25, -0.2) is 0 Å². The Morgan fingerprint density at radius 1 is 1.50 bits per heavy atom. The van der Waals surface area contributed by atoms with Crippen molar-refractivity contribution >= 4 is 46.1 Å². The molecule has 1 amide bonds. The normalized spacial score (nSPS) is 20.3. The number of phenolic OH excluding ortho intramolecular Hbond substituents is 1. The fourth-order valence-electron chi connectivity index (χ4n) is 1.72. The lowest BCUT2D eigenvalue weighted by Crippen LogP contribution is -2.26. The monoisotopic (exact) mass is 341 g/mol. The van der Waals surface area contributed by atoms with E-state index in [9.17, 15) is 14.7 Å². The molecule has 0 saturated carbocycles. The summed E-state index contributed by atoms with van der Waals surface area (Å²) in [4.78, 5) is 22.2. The second kappa shape index (κ2) is 6.80. The Balaban J connectivity index is 2.15. The third-order valence-electron chi connectivity index (χ3n) is 2.78. The molecule has 2 rings (SSSR count). The summed E-state index contributed by atoms with van der Waals surface area (Å²) in [7, 11) is 0. The molecule has 3 N–H and O–H groups in total. The van der Waals surface area contributed by atoms with Crippen molar-refractivity contribution in [2.45, 2.75) is 18.6 Å². The second-order valence-corrected chi connectivity index (χ2v) is 6.07. The Labute approximate surface area is 135 Å². The van der Waals surface area contributed by atoms with Gasteiger partial charge in [0.15, 0.2) is 5.17 Å². The fourth-order valence-corrected chi connectivity index (χ4v) is 2.80. The molecule has 0 unspecified atom stereocenters. The third-order valence-corrected chi connectivity index (χ3v) is 4.08. The smallest absolute Gasteiger partial charge is 0.305 e. The van der Waals surface area contributed by atoms with Gasteiger partial charge in [0.05, 0.1) is 12.1 Å². The highest BCUT2D eigenvalue weighted by atomic mass is 35.5. The van der Waals surface area contributed by atoms with E-state index in [0.29, 0.717) is 16.3 Å². The molecule has 1 heterocycles. The molecule has 1 saturated heterocycles. The van der Waals surface area contributed by atoms with Crippen molar-refractivity contribution in [1.29, 1.82) is 0 Å². The van der Waals surface area contributed by atoms with Crippen molar-refractivity contribution in [2.75, 3.05) is 0 Å². The van der Waals surface area contributed by atoms with E-state index in [0.717, 1.165) is 11.8 Å². The molecule has 1 aliphatic rings. The van der Waals surface area contributed by atoms with E-state index >= 15 is 0 Å². The quantitative estimate of drug-likeness (QED) is 0.571. The number of benzene rings is 1. The summed E-state index contributed by atoms with van der Waals surface area (Å²) in [5, 5.41) is 28.7. The van der Waals surface area contributed by atoms with Gasteiger partial charge in [0.1, 0.15) is 11.0 Å². The summed E-state index contributed by atoms with van der Waals surface area (Å²) >= 11 is 6.86. The maximum absolute atomic E-state index is 11.6. The average Bonchev–Trinajstić information content (AvgIpc) is 2.78. The van der Waals surface area contributed by atoms with Gasteiger partial charge < -0.3 is 15.5 Å². The number of nitrogens with one attached hydrogen (secondary N) is 1. The van der Waals surface area contributed by atoms with Gasteiger partial charge in [-0.1, -0.05) is 23.4 Å². The lowest BCUT2D eigenvalue weighted by atomic mass is 10.1. The van der Waals surface area contributed by atoms with E-state index in [2.05, 4.69) is 15.5 Å². The zero-order chi connectivity index (χ0) is 16.3. The summed E-state index contributed by atoms with van der Waals surface area (Å²) in [6, 6.07) is 4.53. The summed E-state index contributed by atoms with van der Waals surface area (Å²) in [5.74, 6) is -1.46. The number of amides is 1.